The molecule has 0 saturated carbocycles. The molecule has 0 aliphatic carbocycles. The molecule has 0 aromatic rings. The Labute approximate surface area is 75.4 Å². The summed E-state index contributed by atoms with van der Waals surface area (Å²) in [6.45, 7) is 5.86. The van der Waals surface area contributed by atoms with E-state index in [1.807, 2.05) is 0 Å². The largest absolute Gasteiger partial charge is 0.394 e. The summed E-state index contributed by atoms with van der Waals surface area (Å²) in [6, 6.07) is 0. The molecule has 2 N–H and O–H groups in total. The SMILES string of the molecule is CC(C)CCC1(CO)CCCN1. The number of aliphatic hydroxyl groups excluding tert-OH is 1. The quantitative estimate of drug-likeness (QED) is 0.672. The minimum atomic E-state index is 0.0737. The van der Waals surface area contributed by atoms with E-state index < -0.39 is 0 Å². The van der Waals surface area contributed by atoms with Gasteiger partial charge in [0, 0.05) is 5.54 Å². The van der Waals surface area contributed by atoms with Crippen molar-refractivity contribution in [2.24, 2.45) is 5.92 Å². The molecule has 0 aromatic carbocycles. The predicted octanol–water partition coefficient (Wildman–Crippen LogP) is 1.54. The lowest BCUT2D eigenvalue weighted by atomic mass is 9.89. The first-order valence-corrected chi connectivity index (χ1v) is 5.04. The number of nitrogens with one attached hydrogen (secondary N) is 1. The molecule has 2 heteroatoms. The summed E-state index contributed by atoms with van der Waals surface area (Å²) in [5.41, 5.74) is 0.0737. The van der Waals surface area contributed by atoms with Crippen LogP contribution in [-0.2, 0) is 0 Å². The van der Waals surface area contributed by atoms with Crippen LogP contribution in [-0.4, -0.2) is 23.8 Å². The molecule has 0 bridgehead atoms. The van der Waals surface area contributed by atoms with Crippen molar-refractivity contribution in [3.63, 3.8) is 0 Å². The van der Waals surface area contributed by atoms with Crippen LogP contribution in [0.4, 0.5) is 0 Å². The fourth-order valence-electron chi connectivity index (χ4n) is 1.86. The minimum absolute atomic E-state index is 0.0737. The van der Waals surface area contributed by atoms with Crippen molar-refractivity contribution in [3.05, 3.63) is 0 Å². The summed E-state index contributed by atoms with van der Waals surface area (Å²) in [4.78, 5) is 0. The van der Waals surface area contributed by atoms with E-state index >= 15 is 0 Å². The predicted molar refractivity (Wildman–Crippen MR) is 51.1 cm³/mol. The van der Waals surface area contributed by atoms with Gasteiger partial charge in [0.05, 0.1) is 6.61 Å². The highest BCUT2D eigenvalue weighted by Crippen LogP contribution is 2.25. The molecule has 12 heavy (non-hydrogen) atoms. The van der Waals surface area contributed by atoms with E-state index in [9.17, 15) is 5.11 Å². The van der Waals surface area contributed by atoms with Gasteiger partial charge in [0.1, 0.15) is 0 Å². The normalized spacial score (nSPS) is 30.0. The topological polar surface area (TPSA) is 32.3 Å². The monoisotopic (exact) mass is 171 g/mol. The first-order chi connectivity index (χ1) is 5.68. The molecule has 0 radical (unpaired) electrons. The summed E-state index contributed by atoms with van der Waals surface area (Å²) in [6.07, 6.45) is 4.71. The number of hydrogen-bond acceptors (Lipinski definition) is 2. The highest BCUT2D eigenvalue weighted by atomic mass is 16.3. The summed E-state index contributed by atoms with van der Waals surface area (Å²) < 4.78 is 0. The summed E-state index contributed by atoms with van der Waals surface area (Å²) in [7, 11) is 0. The first-order valence-electron chi connectivity index (χ1n) is 5.04. The Morgan fingerprint density at radius 3 is 2.67 bits per heavy atom. The van der Waals surface area contributed by atoms with Gasteiger partial charge in [-0.25, -0.2) is 0 Å². The average molecular weight is 171 g/mol. The lowest BCUT2D eigenvalue weighted by molar-refractivity contribution is 0.162. The Balaban J connectivity index is 2.34. The van der Waals surface area contributed by atoms with E-state index in [0.29, 0.717) is 6.61 Å². The van der Waals surface area contributed by atoms with E-state index in [4.69, 9.17) is 0 Å². The van der Waals surface area contributed by atoms with E-state index in [1.165, 1.54) is 12.8 Å². The Morgan fingerprint density at radius 1 is 1.50 bits per heavy atom. The second-order valence-electron chi connectivity index (χ2n) is 4.40. The molecular weight excluding hydrogens is 150 g/mol. The Kier molecular flexibility index (Phi) is 3.53. The first kappa shape index (κ1) is 10.0. The van der Waals surface area contributed by atoms with Gasteiger partial charge in [-0.3, -0.25) is 0 Å². The third kappa shape index (κ3) is 2.46. The highest BCUT2D eigenvalue weighted by molar-refractivity contribution is 4.92. The third-order valence-corrected chi connectivity index (χ3v) is 2.84. The number of hydrogen-bond donors (Lipinski definition) is 2. The van der Waals surface area contributed by atoms with Crippen molar-refractivity contribution in [2.75, 3.05) is 13.2 Å². The molecule has 1 aliphatic rings. The van der Waals surface area contributed by atoms with E-state index in [1.54, 1.807) is 0 Å². The maximum Gasteiger partial charge on any atom is 0.0613 e. The molecule has 1 rings (SSSR count). The number of aliphatic hydroxyl groups is 1. The van der Waals surface area contributed by atoms with Crippen LogP contribution in [0.25, 0.3) is 0 Å². The van der Waals surface area contributed by atoms with Crippen molar-refractivity contribution >= 4 is 0 Å². The zero-order valence-electron chi connectivity index (χ0n) is 8.27. The molecule has 0 aromatic heterocycles. The van der Waals surface area contributed by atoms with Crippen molar-refractivity contribution in [3.8, 4) is 0 Å². The third-order valence-electron chi connectivity index (χ3n) is 2.84. The van der Waals surface area contributed by atoms with Gasteiger partial charge < -0.3 is 10.4 Å². The molecule has 1 fully saturated rings. The zero-order chi connectivity index (χ0) is 9.03. The lowest BCUT2D eigenvalue weighted by Gasteiger charge is -2.27. The molecule has 0 spiro atoms. The average Bonchev–Trinajstić information content (AvgIpc) is 2.50. The minimum Gasteiger partial charge on any atom is -0.394 e. The van der Waals surface area contributed by atoms with Crippen LogP contribution in [0.15, 0.2) is 0 Å². The second kappa shape index (κ2) is 4.24. The van der Waals surface area contributed by atoms with Crippen molar-refractivity contribution in [1.29, 1.82) is 0 Å². The van der Waals surface area contributed by atoms with Gasteiger partial charge in [-0.15, -0.1) is 0 Å². The molecule has 1 unspecified atom stereocenters. The zero-order valence-corrected chi connectivity index (χ0v) is 8.27. The summed E-state index contributed by atoms with van der Waals surface area (Å²) in [5.74, 6) is 0.746. The number of rotatable bonds is 4. The fourth-order valence-corrected chi connectivity index (χ4v) is 1.86. The van der Waals surface area contributed by atoms with Crippen LogP contribution in [0, 0.1) is 5.92 Å². The van der Waals surface area contributed by atoms with Crippen LogP contribution in [0.1, 0.15) is 39.5 Å². The van der Waals surface area contributed by atoms with Crippen LogP contribution in [0.2, 0.25) is 0 Å². The van der Waals surface area contributed by atoms with Gasteiger partial charge in [0.15, 0.2) is 0 Å². The molecule has 72 valence electrons. The highest BCUT2D eigenvalue weighted by Gasteiger charge is 2.31. The molecule has 1 atom stereocenters. The fraction of sp³-hybridized carbons (Fsp3) is 1.00. The van der Waals surface area contributed by atoms with Crippen LogP contribution >= 0.6 is 0 Å². The lowest BCUT2D eigenvalue weighted by Crippen LogP contribution is -2.43. The van der Waals surface area contributed by atoms with Crippen molar-refractivity contribution in [2.45, 2.75) is 45.1 Å². The molecule has 2 nitrogen and oxygen atoms in total. The van der Waals surface area contributed by atoms with E-state index in [0.717, 1.165) is 25.3 Å². The van der Waals surface area contributed by atoms with Gasteiger partial charge in [-0.2, -0.15) is 0 Å². The maximum absolute atomic E-state index is 9.27. The van der Waals surface area contributed by atoms with Crippen molar-refractivity contribution < 1.29 is 5.11 Å². The van der Waals surface area contributed by atoms with E-state index in [2.05, 4.69) is 19.2 Å². The second-order valence-corrected chi connectivity index (χ2v) is 4.40. The summed E-state index contributed by atoms with van der Waals surface area (Å²) in [5, 5.41) is 12.7. The van der Waals surface area contributed by atoms with Crippen LogP contribution in [0.3, 0.4) is 0 Å². The van der Waals surface area contributed by atoms with Gasteiger partial charge in [-0.1, -0.05) is 13.8 Å². The van der Waals surface area contributed by atoms with Crippen LogP contribution < -0.4 is 5.32 Å². The van der Waals surface area contributed by atoms with Gasteiger partial charge >= 0.3 is 0 Å². The van der Waals surface area contributed by atoms with Crippen LogP contribution in [0.5, 0.6) is 0 Å². The van der Waals surface area contributed by atoms with Gasteiger partial charge in [-0.05, 0) is 38.1 Å². The molecule has 1 aliphatic heterocycles. The molecule has 0 amide bonds. The summed E-state index contributed by atoms with van der Waals surface area (Å²) >= 11 is 0. The molecule has 1 saturated heterocycles. The smallest absolute Gasteiger partial charge is 0.0613 e. The molecule has 1 heterocycles. The van der Waals surface area contributed by atoms with E-state index in [-0.39, 0.29) is 5.54 Å². The Bertz CT molecular complexity index is 128. The molecular formula is C10H21NO. The van der Waals surface area contributed by atoms with Gasteiger partial charge in [0.2, 0.25) is 0 Å². The standard InChI is InChI=1S/C10H21NO/c1-9(2)4-6-10(8-12)5-3-7-11-10/h9,11-12H,3-8H2,1-2H3. The van der Waals surface area contributed by atoms with Crippen molar-refractivity contribution in [1.82, 2.24) is 5.32 Å². The maximum atomic E-state index is 9.27. The Morgan fingerprint density at radius 2 is 2.25 bits per heavy atom. The van der Waals surface area contributed by atoms with Gasteiger partial charge in [0.25, 0.3) is 0 Å². The Hall–Kier alpha value is -0.0800.